The molecule has 1 aliphatic rings. The highest BCUT2D eigenvalue weighted by molar-refractivity contribution is 5.74. The normalized spacial score (nSPS) is 14.6. The fourth-order valence-corrected chi connectivity index (χ4v) is 3.23. The number of nitrogens with zero attached hydrogens (tertiary/aromatic N) is 1. The standard InChI is InChI=1S/C22H30N2O5/c1-2-27-20-8-3-4-9-21(20)29-18-10-13-24(14-11-18)22(25)23-12-6-15-26-17-19-7-5-16-28-19/h3-5,7-9,16,18H,2,6,10-15,17H2,1H3,(H,23,25). The van der Waals surface area contributed by atoms with Crippen LogP contribution < -0.4 is 14.8 Å². The minimum Gasteiger partial charge on any atom is -0.490 e. The summed E-state index contributed by atoms with van der Waals surface area (Å²) in [7, 11) is 0. The van der Waals surface area contributed by atoms with Crippen molar-refractivity contribution in [3.8, 4) is 11.5 Å². The number of benzene rings is 1. The van der Waals surface area contributed by atoms with Crippen LogP contribution in [0.1, 0.15) is 31.9 Å². The van der Waals surface area contributed by atoms with Gasteiger partial charge in [0.05, 0.1) is 12.9 Å². The Bertz CT molecular complexity index is 727. The number of furan rings is 1. The van der Waals surface area contributed by atoms with E-state index in [9.17, 15) is 4.79 Å². The van der Waals surface area contributed by atoms with Crippen LogP contribution in [0.15, 0.2) is 47.1 Å². The van der Waals surface area contributed by atoms with Gasteiger partial charge in [0.15, 0.2) is 11.5 Å². The van der Waals surface area contributed by atoms with Gasteiger partial charge < -0.3 is 28.8 Å². The van der Waals surface area contributed by atoms with Crippen LogP contribution in [0.5, 0.6) is 11.5 Å². The van der Waals surface area contributed by atoms with Crippen molar-refractivity contribution in [2.75, 3.05) is 32.8 Å². The molecule has 1 aromatic heterocycles. The predicted molar refractivity (Wildman–Crippen MR) is 109 cm³/mol. The third-order valence-electron chi connectivity index (χ3n) is 4.74. The van der Waals surface area contributed by atoms with Gasteiger partial charge in [0.25, 0.3) is 0 Å². The molecular formula is C22H30N2O5. The van der Waals surface area contributed by atoms with E-state index in [-0.39, 0.29) is 12.1 Å². The second kappa shape index (κ2) is 11.4. The number of amides is 2. The number of para-hydroxylation sites is 2. The first-order valence-electron chi connectivity index (χ1n) is 10.3. The van der Waals surface area contributed by atoms with Crippen LogP contribution in [0, 0.1) is 0 Å². The molecule has 158 valence electrons. The number of ether oxygens (including phenoxy) is 3. The maximum atomic E-state index is 12.3. The van der Waals surface area contributed by atoms with E-state index in [4.69, 9.17) is 18.6 Å². The summed E-state index contributed by atoms with van der Waals surface area (Å²) in [5.74, 6) is 2.35. The van der Waals surface area contributed by atoms with Gasteiger partial charge in [0, 0.05) is 39.1 Å². The third kappa shape index (κ3) is 6.71. The molecule has 0 atom stereocenters. The van der Waals surface area contributed by atoms with Crippen molar-refractivity contribution >= 4 is 6.03 Å². The fraction of sp³-hybridized carbons (Fsp3) is 0.500. The highest BCUT2D eigenvalue weighted by atomic mass is 16.5. The quantitative estimate of drug-likeness (QED) is 0.612. The van der Waals surface area contributed by atoms with E-state index < -0.39 is 0 Å². The molecule has 2 heterocycles. The fourth-order valence-electron chi connectivity index (χ4n) is 3.23. The van der Waals surface area contributed by atoms with Gasteiger partial charge in [0.1, 0.15) is 18.5 Å². The summed E-state index contributed by atoms with van der Waals surface area (Å²) >= 11 is 0. The largest absolute Gasteiger partial charge is 0.490 e. The maximum absolute atomic E-state index is 12.3. The molecule has 0 saturated carbocycles. The summed E-state index contributed by atoms with van der Waals surface area (Å²) in [6, 6.07) is 11.4. The Hall–Kier alpha value is -2.67. The SMILES string of the molecule is CCOc1ccccc1OC1CCN(C(=O)NCCCOCc2ccco2)CC1. The minimum atomic E-state index is -0.0239. The van der Waals surface area contributed by atoms with E-state index in [2.05, 4.69) is 5.32 Å². The molecule has 0 aliphatic carbocycles. The molecule has 1 fully saturated rings. The zero-order chi connectivity index (χ0) is 20.3. The average molecular weight is 402 g/mol. The second-order valence-electron chi connectivity index (χ2n) is 6.90. The molecule has 0 bridgehead atoms. The van der Waals surface area contributed by atoms with Gasteiger partial charge in [-0.05, 0) is 37.6 Å². The number of hydrogen-bond donors (Lipinski definition) is 1. The molecule has 7 nitrogen and oxygen atoms in total. The Morgan fingerprint density at radius 3 is 2.69 bits per heavy atom. The number of likely N-dealkylation sites (tertiary alicyclic amines) is 1. The Morgan fingerprint density at radius 2 is 1.97 bits per heavy atom. The number of piperidine rings is 1. The summed E-state index contributed by atoms with van der Waals surface area (Å²) in [5, 5.41) is 2.96. The summed E-state index contributed by atoms with van der Waals surface area (Å²) in [4.78, 5) is 14.2. The zero-order valence-electron chi connectivity index (χ0n) is 17.0. The number of carbonyl (C=O) groups excluding carboxylic acids is 1. The molecule has 1 saturated heterocycles. The van der Waals surface area contributed by atoms with E-state index >= 15 is 0 Å². The lowest BCUT2D eigenvalue weighted by Crippen LogP contribution is -2.46. The van der Waals surface area contributed by atoms with Crippen LogP contribution in [0.25, 0.3) is 0 Å². The van der Waals surface area contributed by atoms with Gasteiger partial charge in [-0.3, -0.25) is 0 Å². The topological polar surface area (TPSA) is 73.2 Å². The van der Waals surface area contributed by atoms with Crippen LogP contribution in [-0.4, -0.2) is 49.9 Å². The Balaban J connectivity index is 1.30. The number of hydrogen-bond acceptors (Lipinski definition) is 5. The van der Waals surface area contributed by atoms with E-state index in [1.54, 1.807) is 6.26 Å². The number of carbonyl (C=O) groups is 1. The molecule has 7 heteroatoms. The molecular weight excluding hydrogens is 372 g/mol. The van der Waals surface area contributed by atoms with Crippen molar-refractivity contribution in [3.63, 3.8) is 0 Å². The smallest absolute Gasteiger partial charge is 0.317 e. The summed E-state index contributed by atoms with van der Waals surface area (Å²) in [5.41, 5.74) is 0. The van der Waals surface area contributed by atoms with Crippen LogP contribution in [0.2, 0.25) is 0 Å². The van der Waals surface area contributed by atoms with Crippen molar-refractivity contribution in [1.82, 2.24) is 10.2 Å². The lowest BCUT2D eigenvalue weighted by Gasteiger charge is -2.32. The van der Waals surface area contributed by atoms with Gasteiger partial charge in [-0.2, -0.15) is 0 Å². The third-order valence-corrected chi connectivity index (χ3v) is 4.74. The highest BCUT2D eigenvalue weighted by Crippen LogP contribution is 2.29. The van der Waals surface area contributed by atoms with E-state index in [0.717, 1.165) is 36.5 Å². The molecule has 0 unspecified atom stereocenters. The minimum absolute atomic E-state index is 0.0239. The average Bonchev–Trinajstić information content (AvgIpc) is 3.26. The number of urea groups is 1. The van der Waals surface area contributed by atoms with Crippen LogP contribution in [-0.2, 0) is 11.3 Å². The summed E-state index contributed by atoms with van der Waals surface area (Å²) in [6.45, 7) is 5.56. The van der Waals surface area contributed by atoms with Gasteiger partial charge in [-0.1, -0.05) is 12.1 Å². The highest BCUT2D eigenvalue weighted by Gasteiger charge is 2.24. The van der Waals surface area contributed by atoms with Crippen LogP contribution in [0.3, 0.4) is 0 Å². The van der Waals surface area contributed by atoms with Crippen LogP contribution >= 0.6 is 0 Å². The first-order valence-corrected chi connectivity index (χ1v) is 10.3. The first kappa shape index (κ1) is 21.0. The van der Waals surface area contributed by atoms with E-state index in [1.165, 1.54) is 0 Å². The zero-order valence-corrected chi connectivity index (χ0v) is 17.0. The Morgan fingerprint density at radius 1 is 1.17 bits per heavy atom. The maximum Gasteiger partial charge on any atom is 0.317 e. The Labute approximate surface area is 171 Å². The van der Waals surface area contributed by atoms with Gasteiger partial charge in [-0.25, -0.2) is 4.79 Å². The molecule has 29 heavy (non-hydrogen) atoms. The molecule has 0 radical (unpaired) electrons. The predicted octanol–water partition coefficient (Wildman–Crippen LogP) is 3.84. The van der Waals surface area contributed by atoms with Gasteiger partial charge >= 0.3 is 6.03 Å². The molecule has 3 rings (SSSR count). The van der Waals surface area contributed by atoms with Crippen molar-refractivity contribution in [2.45, 2.75) is 38.9 Å². The molecule has 1 N–H and O–H groups in total. The van der Waals surface area contributed by atoms with Gasteiger partial charge in [0.2, 0.25) is 0 Å². The lowest BCUT2D eigenvalue weighted by molar-refractivity contribution is 0.100. The molecule has 1 aliphatic heterocycles. The number of nitrogens with one attached hydrogen (secondary N) is 1. The van der Waals surface area contributed by atoms with E-state index in [0.29, 0.717) is 39.5 Å². The molecule has 0 spiro atoms. The second-order valence-corrected chi connectivity index (χ2v) is 6.90. The van der Waals surface area contributed by atoms with E-state index in [1.807, 2.05) is 48.2 Å². The van der Waals surface area contributed by atoms with Crippen LogP contribution in [0.4, 0.5) is 4.79 Å². The van der Waals surface area contributed by atoms with Crippen molar-refractivity contribution in [2.24, 2.45) is 0 Å². The first-order chi connectivity index (χ1) is 14.3. The van der Waals surface area contributed by atoms with Crippen molar-refractivity contribution in [1.29, 1.82) is 0 Å². The number of rotatable bonds is 10. The summed E-state index contributed by atoms with van der Waals surface area (Å²) < 4.78 is 22.5. The lowest BCUT2D eigenvalue weighted by atomic mass is 10.1. The molecule has 2 aromatic rings. The van der Waals surface area contributed by atoms with Crippen molar-refractivity contribution < 1.29 is 23.4 Å². The van der Waals surface area contributed by atoms with Gasteiger partial charge in [-0.15, -0.1) is 0 Å². The summed E-state index contributed by atoms with van der Waals surface area (Å²) in [6.07, 6.45) is 4.10. The Kier molecular flexibility index (Phi) is 8.25. The van der Waals surface area contributed by atoms with Crippen molar-refractivity contribution in [3.05, 3.63) is 48.4 Å². The molecule has 1 aromatic carbocycles. The molecule has 2 amide bonds. The monoisotopic (exact) mass is 402 g/mol.